The Bertz CT molecular complexity index is 588. The maximum Gasteiger partial charge on any atom is 0.133 e. The van der Waals surface area contributed by atoms with Crippen LogP contribution in [-0.4, -0.2) is 10.5 Å². The largest absolute Gasteiger partial charge is 0.306 e. The van der Waals surface area contributed by atoms with E-state index in [1.165, 1.54) is 12.0 Å². The van der Waals surface area contributed by atoms with Crippen LogP contribution in [0.2, 0.25) is 5.15 Å². The van der Waals surface area contributed by atoms with Crippen molar-refractivity contribution in [2.75, 3.05) is 0 Å². The predicted molar refractivity (Wildman–Crippen MR) is 90.2 cm³/mol. The van der Waals surface area contributed by atoms with Crippen molar-refractivity contribution < 1.29 is 0 Å². The van der Waals surface area contributed by atoms with Crippen molar-refractivity contribution in [2.45, 2.75) is 37.8 Å². The van der Waals surface area contributed by atoms with Gasteiger partial charge in [-0.1, -0.05) is 54.9 Å². The van der Waals surface area contributed by atoms with Gasteiger partial charge in [-0.15, -0.1) is 12.4 Å². The number of aromatic nitrogens is 1. The van der Waals surface area contributed by atoms with E-state index < -0.39 is 0 Å². The van der Waals surface area contributed by atoms with E-state index in [4.69, 9.17) is 11.6 Å². The first-order valence-electron chi connectivity index (χ1n) is 7.14. The van der Waals surface area contributed by atoms with Gasteiger partial charge >= 0.3 is 0 Å². The van der Waals surface area contributed by atoms with Gasteiger partial charge in [-0.05, 0) is 24.5 Å². The number of nitrogens with zero attached hydrogens (tertiary/aromatic N) is 1. The summed E-state index contributed by atoms with van der Waals surface area (Å²) in [7, 11) is 0. The fraction of sp³-hybridized carbons (Fsp3) is 0.353. The molecule has 2 atom stereocenters. The fourth-order valence-electron chi connectivity index (χ4n) is 2.96. The van der Waals surface area contributed by atoms with E-state index in [0.717, 1.165) is 18.5 Å². The van der Waals surface area contributed by atoms with Gasteiger partial charge in [0.25, 0.3) is 0 Å². The minimum atomic E-state index is 0. The second-order valence-electron chi connectivity index (χ2n) is 5.48. The molecule has 0 aliphatic heterocycles. The Kier molecular flexibility index (Phi) is 5.26. The smallest absolute Gasteiger partial charge is 0.133 e. The minimum absolute atomic E-state index is 0. The highest BCUT2D eigenvalue weighted by Crippen LogP contribution is 2.53. The van der Waals surface area contributed by atoms with Crippen LogP contribution in [0.4, 0.5) is 0 Å². The Morgan fingerprint density at radius 3 is 2.67 bits per heavy atom. The first kappa shape index (κ1) is 16.3. The zero-order valence-corrected chi connectivity index (χ0v) is 13.6. The number of hydrogen-bond donors (Lipinski definition) is 1. The summed E-state index contributed by atoms with van der Waals surface area (Å²) in [5, 5.41) is 4.30. The lowest BCUT2D eigenvalue weighted by atomic mass is 10.0. The standard InChI is InChI=1S/C17H19ClN2.ClH/c1-2-17(11-15(17)13-7-4-3-5-8-13)20-12-14-9-6-10-19-16(14)18;/h3-10,15,20H,2,11-12H2,1H3;1H/t15-,17+;/m0./s1. The molecule has 0 amide bonds. The molecule has 1 saturated carbocycles. The third-order valence-electron chi connectivity index (χ3n) is 4.38. The highest BCUT2D eigenvalue weighted by Gasteiger charge is 2.52. The van der Waals surface area contributed by atoms with Gasteiger partial charge in [-0.2, -0.15) is 0 Å². The van der Waals surface area contributed by atoms with Crippen LogP contribution in [-0.2, 0) is 6.54 Å². The summed E-state index contributed by atoms with van der Waals surface area (Å²) in [6, 6.07) is 14.7. The Morgan fingerprint density at radius 2 is 2.00 bits per heavy atom. The van der Waals surface area contributed by atoms with Gasteiger partial charge in [0.2, 0.25) is 0 Å². The van der Waals surface area contributed by atoms with Crippen molar-refractivity contribution in [3.05, 3.63) is 64.9 Å². The molecule has 1 aliphatic rings. The molecule has 0 unspecified atom stereocenters. The molecule has 0 saturated heterocycles. The normalized spacial score (nSPS) is 23.4. The SMILES string of the molecule is CC[C@@]1(NCc2cccnc2Cl)C[C@H]1c1ccccc1.Cl. The van der Waals surface area contributed by atoms with Gasteiger partial charge in [-0.3, -0.25) is 0 Å². The summed E-state index contributed by atoms with van der Waals surface area (Å²) < 4.78 is 0. The van der Waals surface area contributed by atoms with Crippen molar-refractivity contribution in [3.8, 4) is 0 Å². The number of nitrogens with one attached hydrogen (secondary N) is 1. The summed E-state index contributed by atoms with van der Waals surface area (Å²) >= 11 is 6.12. The van der Waals surface area contributed by atoms with Crippen LogP contribution in [0.3, 0.4) is 0 Å². The van der Waals surface area contributed by atoms with Crippen LogP contribution in [0.1, 0.15) is 36.8 Å². The Labute approximate surface area is 137 Å². The van der Waals surface area contributed by atoms with Gasteiger partial charge in [0.05, 0.1) is 0 Å². The molecule has 1 aromatic heterocycles. The van der Waals surface area contributed by atoms with E-state index in [1.54, 1.807) is 6.20 Å². The molecule has 1 N–H and O–H groups in total. The molecule has 2 nitrogen and oxygen atoms in total. The lowest BCUT2D eigenvalue weighted by Crippen LogP contribution is -2.32. The van der Waals surface area contributed by atoms with Crippen LogP contribution in [0.15, 0.2) is 48.7 Å². The lowest BCUT2D eigenvalue weighted by molar-refractivity contribution is 0.467. The number of benzene rings is 1. The minimum Gasteiger partial charge on any atom is -0.306 e. The molecule has 0 radical (unpaired) electrons. The predicted octanol–water partition coefficient (Wildman–Crippen LogP) is 4.58. The number of hydrogen-bond acceptors (Lipinski definition) is 2. The van der Waals surface area contributed by atoms with Crippen LogP contribution in [0, 0.1) is 0 Å². The van der Waals surface area contributed by atoms with Gasteiger partial charge in [0, 0.05) is 29.8 Å². The quantitative estimate of drug-likeness (QED) is 0.815. The summed E-state index contributed by atoms with van der Waals surface area (Å²) in [5.74, 6) is 0.615. The summed E-state index contributed by atoms with van der Waals surface area (Å²) in [5.41, 5.74) is 2.72. The maximum absolute atomic E-state index is 6.12. The van der Waals surface area contributed by atoms with Gasteiger partial charge in [0.15, 0.2) is 0 Å². The molecule has 1 heterocycles. The highest BCUT2D eigenvalue weighted by molar-refractivity contribution is 6.30. The molecule has 3 rings (SSSR count). The summed E-state index contributed by atoms with van der Waals surface area (Å²) in [6.45, 7) is 3.03. The molecule has 4 heteroatoms. The molecule has 1 aromatic carbocycles. The molecule has 0 spiro atoms. The van der Waals surface area contributed by atoms with Crippen LogP contribution in [0.5, 0.6) is 0 Å². The van der Waals surface area contributed by atoms with Crippen LogP contribution < -0.4 is 5.32 Å². The second-order valence-corrected chi connectivity index (χ2v) is 5.84. The molecule has 112 valence electrons. The van der Waals surface area contributed by atoms with Crippen LogP contribution >= 0.6 is 24.0 Å². The van der Waals surface area contributed by atoms with Gasteiger partial charge in [-0.25, -0.2) is 4.98 Å². The third-order valence-corrected chi connectivity index (χ3v) is 4.72. The molecular weight excluding hydrogens is 303 g/mol. The molecule has 0 bridgehead atoms. The zero-order valence-electron chi connectivity index (χ0n) is 12.1. The molecule has 1 aliphatic carbocycles. The highest BCUT2D eigenvalue weighted by atomic mass is 35.5. The van der Waals surface area contributed by atoms with E-state index in [1.807, 2.05) is 12.1 Å². The van der Waals surface area contributed by atoms with Gasteiger partial charge < -0.3 is 5.32 Å². The van der Waals surface area contributed by atoms with Crippen molar-refractivity contribution in [1.82, 2.24) is 10.3 Å². The number of rotatable bonds is 5. The fourth-order valence-corrected chi connectivity index (χ4v) is 3.15. The molecule has 21 heavy (non-hydrogen) atoms. The maximum atomic E-state index is 6.12. The van der Waals surface area contributed by atoms with E-state index in [9.17, 15) is 0 Å². The molecule has 1 fully saturated rings. The van der Waals surface area contributed by atoms with Gasteiger partial charge in [0.1, 0.15) is 5.15 Å². The average molecular weight is 323 g/mol. The Balaban J connectivity index is 0.00000161. The molecule has 2 aromatic rings. The van der Waals surface area contributed by atoms with Crippen LogP contribution in [0.25, 0.3) is 0 Å². The van der Waals surface area contributed by atoms with E-state index >= 15 is 0 Å². The average Bonchev–Trinajstić information content (AvgIpc) is 3.23. The topological polar surface area (TPSA) is 24.9 Å². The summed E-state index contributed by atoms with van der Waals surface area (Å²) in [4.78, 5) is 4.13. The van der Waals surface area contributed by atoms with Crippen molar-refractivity contribution in [2.24, 2.45) is 0 Å². The van der Waals surface area contributed by atoms with Crippen molar-refractivity contribution >= 4 is 24.0 Å². The molecular formula is C17H20Cl2N2. The summed E-state index contributed by atoms with van der Waals surface area (Å²) in [6.07, 6.45) is 4.06. The first-order valence-corrected chi connectivity index (χ1v) is 7.52. The Morgan fingerprint density at radius 1 is 1.24 bits per heavy atom. The first-order chi connectivity index (χ1) is 9.75. The zero-order chi connectivity index (χ0) is 14.0. The number of halogens is 2. The lowest BCUT2D eigenvalue weighted by Gasteiger charge is -2.18. The van der Waals surface area contributed by atoms with Crippen molar-refractivity contribution in [1.29, 1.82) is 0 Å². The van der Waals surface area contributed by atoms with E-state index in [2.05, 4.69) is 47.6 Å². The van der Waals surface area contributed by atoms with E-state index in [-0.39, 0.29) is 17.9 Å². The third kappa shape index (κ3) is 3.39. The van der Waals surface area contributed by atoms with Crippen molar-refractivity contribution in [3.63, 3.8) is 0 Å². The second kappa shape index (κ2) is 6.78. The number of pyridine rings is 1. The Hall–Kier alpha value is -1.09. The monoisotopic (exact) mass is 322 g/mol. The van der Waals surface area contributed by atoms with E-state index in [0.29, 0.717) is 11.1 Å².